The van der Waals surface area contributed by atoms with E-state index in [0.717, 1.165) is 6.54 Å². The van der Waals surface area contributed by atoms with Gasteiger partial charge in [0.15, 0.2) is 0 Å². The van der Waals surface area contributed by atoms with Crippen molar-refractivity contribution in [3.8, 4) is 0 Å². The molecule has 0 spiro atoms. The van der Waals surface area contributed by atoms with Crippen LogP contribution < -0.4 is 5.32 Å². The van der Waals surface area contributed by atoms with Crippen LogP contribution in [0.15, 0.2) is 12.3 Å². The molecular formula is C14H33NSi2. The normalized spacial score (nSPS) is 15.8. The number of hydrogen-bond acceptors (Lipinski definition) is 1. The Balaban J connectivity index is 5.25. The number of nitrogens with one attached hydrogen (secondary N) is 1. The van der Waals surface area contributed by atoms with Crippen molar-refractivity contribution in [2.45, 2.75) is 70.6 Å². The van der Waals surface area contributed by atoms with Gasteiger partial charge in [0.1, 0.15) is 0 Å². The van der Waals surface area contributed by atoms with E-state index in [1.54, 1.807) is 0 Å². The molecule has 0 amide bonds. The Hall–Kier alpha value is 0.134. The van der Waals surface area contributed by atoms with E-state index in [4.69, 9.17) is 0 Å². The van der Waals surface area contributed by atoms with Gasteiger partial charge >= 0.3 is 0 Å². The van der Waals surface area contributed by atoms with Crippen LogP contribution in [0.5, 0.6) is 0 Å². The zero-order valence-electron chi connectivity index (χ0n) is 13.3. The fraction of sp³-hybridized carbons (Fsp3) is 0.857. The lowest BCUT2D eigenvalue weighted by atomic mass is 10.2. The fourth-order valence-corrected chi connectivity index (χ4v) is 13.8. The van der Waals surface area contributed by atoms with Gasteiger partial charge in [-0.3, -0.25) is 0 Å². The lowest BCUT2D eigenvalue weighted by Gasteiger charge is -2.49. The summed E-state index contributed by atoms with van der Waals surface area (Å²) in [7, 11) is -2.72. The summed E-state index contributed by atoms with van der Waals surface area (Å²) in [6, 6.07) is 0. The predicted octanol–water partition coefficient (Wildman–Crippen LogP) is 4.38. The Morgan fingerprint density at radius 3 is 1.94 bits per heavy atom. The molecule has 0 heterocycles. The third-order valence-corrected chi connectivity index (χ3v) is 17.2. The van der Waals surface area contributed by atoms with Crippen LogP contribution in [0.25, 0.3) is 0 Å². The smallest absolute Gasteiger partial charge is 0.0855 e. The molecule has 3 heteroatoms. The second kappa shape index (κ2) is 5.85. The van der Waals surface area contributed by atoms with Crippen molar-refractivity contribution in [1.82, 2.24) is 5.32 Å². The van der Waals surface area contributed by atoms with Gasteiger partial charge in [-0.05, 0) is 23.3 Å². The third-order valence-electron chi connectivity index (χ3n) is 4.52. The summed E-state index contributed by atoms with van der Waals surface area (Å²) in [5.74, 6) is 0. The van der Waals surface area contributed by atoms with E-state index < -0.39 is 16.1 Å². The van der Waals surface area contributed by atoms with Crippen LogP contribution in [0.3, 0.4) is 0 Å². The van der Waals surface area contributed by atoms with E-state index in [-0.39, 0.29) is 0 Å². The molecule has 0 aromatic heterocycles. The molecule has 0 fully saturated rings. The molecule has 0 aliphatic heterocycles. The molecule has 0 aliphatic rings. The molecule has 1 N–H and O–H groups in total. The molecule has 0 aromatic rings. The molecule has 1 unspecified atom stereocenters. The minimum atomic E-state index is -1.37. The molecule has 102 valence electrons. The first-order valence-electron chi connectivity index (χ1n) is 6.87. The Bertz CT molecular complexity index is 251. The Morgan fingerprint density at radius 1 is 1.18 bits per heavy atom. The van der Waals surface area contributed by atoms with Crippen molar-refractivity contribution in [1.29, 1.82) is 0 Å². The summed E-state index contributed by atoms with van der Waals surface area (Å²) in [5.41, 5.74) is 2.26. The van der Waals surface area contributed by atoms with Crippen molar-refractivity contribution < 1.29 is 0 Å². The minimum Gasteiger partial charge on any atom is -0.319 e. The van der Waals surface area contributed by atoms with E-state index in [9.17, 15) is 0 Å². The fourth-order valence-electron chi connectivity index (χ4n) is 2.29. The Kier molecular flexibility index (Phi) is 5.90. The van der Waals surface area contributed by atoms with Crippen LogP contribution in [0.1, 0.15) is 34.1 Å². The Labute approximate surface area is 111 Å². The molecule has 0 saturated carbocycles. The topological polar surface area (TPSA) is 12.0 Å². The molecule has 0 rings (SSSR count). The molecular weight excluding hydrogens is 238 g/mol. The van der Waals surface area contributed by atoms with Crippen LogP contribution in [0.4, 0.5) is 0 Å². The van der Waals surface area contributed by atoms with E-state index >= 15 is 0 Å². The molecule has 0 bridgehead atoms. The molecule has 17 heavy (non-hydrogen) atoms. The van der Waals surface area contributed by atoms with Gasteiger partial charge in [-0.2, -0.15) is 0 Å². The highest BCUT2D eigenvalue weighted by Gasteiger charge is 2.47. The summed E-state index contributed by atoms with van der Waals surface area (Å²) in [4.78, 5) is 0. The first-order chi connectivity index (χ1) is 7.50. The first-order valence-corrected chi connectivity index (χ1v) is 13.1. The second-order valence-electron chi connectivity index (χ2n) is 7.38. The maximum atomic E-state index is 4.10. The van der Waals surface area contributed by atoms with Crippen LogP contribution in [0, 0.1) is 0 Å². The van der Waals surface area contributed by atoms with Gasteiger partial charge < -0.3 is 5.32 Å². The summed E-state index contributed by atoms with van der Waals surface area (Å²) in [6.45, 7) is 24.7. The second-order valence-corrected chi connectivity index (χ2v) is 18.1. The van der Waals surface area contributed by atoms with Gasteiger partial charge in [-0.15, -0.1) is 12.3 Å². The van der Waals surface area contributed by atoms with Gasteiger partial charge in [-0.1, -0.05) is 53.9 Å². The standard InChI is InChI=1S/C14H33NSi2/c1-10-12-15-13(16(6,7)11-2)17(8,9)14(3,4)5/h11,13,15H,2,10,12H2,1,3-9H3. The lowest BCUT2D eigenvalue weighted by Crippen LogP contribution is -2.67. The van der Waals surface area contributed by atoms with Crippen molar-refractivity contribution in [3.63, 3.8) is 0 Å². The minimum absolute atomic E-state index is 0.436. The van der Waals surface area contributed by atoms with Crippen LogP contribution >= 0.6 is 0 Å². The van der Waals surface area contributed by atoms with Crippen molar-refractivity contribution in [2.24, 2.45) is 0 Å². The van der Waals surface area contributed by atoms with Crippen LogP contribution in [-0.4, -0.2) is 28.0 Å². The predicted molar refractivity (Wildman–Crippen MR) is 87.0 cm³/mol. The van der Waals surface area contributed by atoms with E-state index in [0.29, 0.717) is 10.3 Å². The maximum absolute atomic E-state index is 4.10. The maximum Gasteiger partial charge on any atom is 0.0855 e. The van der Waals surface area contributed by atoms with Crippen molar-refractivity contribution in [3.05, 3.63) is 12.3 Å². The third kappa shape index (κ3) is 4.07. The largest absolute Gasteiger partial charge is 0.319 e. The molecule has 0 saturated heterocycles. The summed E-state index contributed by atoms with van der Waals surface area (Å²) in [5, 5.41) is 5.01. The van der Waals surface area contributed by atoms with Gasteiger partial charge in [0.25, 0.3) is 0 Å². The van der Waals surface area contributed by atoms with Gasteiger partial charge in [0.05, 0.1) is 16.1 Å². The molecule has 1 atom stereocenters. The highest BCUT2D eigenvalue weighted by Crippen LogP contribution is 2.40. The van der Waals surface area contributed by atoms with E-state index in [2.05, 4.69) is 71.5 Å². The van der Waals surface area contributed by atoms with E-state index in [1.807, 2.05) is 0 Å². The van der Waals surface area contributed by atoms with Gasteiger partial charge in [0.2, 0.25) is 0 Å². The van der Waals surface area contributed by atoms with Crippen molar-refractivity contribution >= 4 is 16.1 Å². The van der Waals surface area contributed by atoms with Crippen LogP contribution in [-0.2, 0) is 0 Å². The number of hydrogen-bond donors (Lipinski definition) is 1. The molecule has 0 radical (unpaired) electrons. The van der Waals surface area contributed by atoms with Crippen LogP contribution in [0.2, 0.25) is 31.2 Å². The summed E-state index contributed by atoms with van der Waals surface area (Å²) < 4.78 is 0. The van der Waals surface area contributed by atoms with E-state index in [1.165, 1.54) is 6.42 Å². The van der Waals surface area contributed by atoms with Crippen molar-refractivity contribution in [2.75, 3.05) is 6.54 Å². The monoisotopic (exact) mass is 271 g/mol. The first kappa shape index (κ1) is 17.1. The zero-order valence-corrected chi connectivity index (χ0v) is 15.3. The summed E-state index contributed by atoms with van der Waals surface area (Å²) in [6.07, 6.45) is 1.22. The average Bonchev–Trinajstić information content (AvgIpc) is 2.16. The molecule has 0 aliphatic carbocycles. The highest BCUT2D eigenvalue weighted by molar-refractivity contribution is 7.00. The molecule has 0 aromatic carbocycles. The SMILES string of the molecule is C=C[Si](C)(C)C(NCCC)[Si](C)(C)C(C)(C)C. The average molecular weight is 272 g/mol. The highest BCUT2D eigenvalue weighted by atomic mass is 28.4. The quantitative estimate of drug-likeness (QED) is 0.707. The summed E-state index contributed by atoms with van der Waals surface area (Å²) >= 11 is 0. The van der Waals surface area contributed by atoms with Gasteiger partial charge in [-0.25, -0.2) is 0 Å². The Morgan fingerprint density at radius 2 is 1.65 bits per heavy atom. The lowest BCUT2D eigenvalue weighted by molar-refractivity contribution is 0.646. The zero-order chi connectivity index (χ0) is 13.9. The number of rotatable bonds is 6. The molecule has 1 nitrogen and oxygen atoms in total. The van der Waals surface area contributed by atoms with Gasteiger partial charge in [0, 0.05) is 0 Å².